The summed E-state index contributed by atoms with van der Waals surface area (Å²) in [5, 5.41) is 17.6. The van der Waals surface area contributed by atoms with Crippen LogP contribution < -0.4 is 4.74 Å². The fraction of sp³-hybridized carbons (Fsp3) is 0.125. The van der Waals surface area contributed by atoms with Crippen molar-refractivity contribution in [3.05, 3.63) is 66.5 Å². The van der Waals surface area contributed by atoms with Crippen LogP contribution in [0.1, 0.15) is 15.9 Å². The number of rotatable bonds is 4. The molecule has 5 heteroatoms. The molecular formula is C16H17NO4. The minimum Gasteiger partial charge on any atom is -0.504 e. The number of nitrogens with zero attached hydrogens (tertiary/aromatic N) is 1. The van der Waals surface area contributed by atoms with Gasteiger partial charge in [0.25, 0.3) is 0 Å². The van der Waals surface area contributed by atoms with Gasteiger partial charge in [-0.05, 0) is 36.2 Å². The second-order valence-electron chi connectivity index (χ2n) is 4.05. The van der Waals surface area contributed by atoms with Gasteiger partial charge in [0.1, 0.15) is 0 Å². The molecule has 5 nitrogen and oxygen atoms in total. The predicted octanol–water partition coefficient (Wildman–Crippen LogP) is 2.91. The first-order valence-corrected chi connectivity index (χ1v) is 6.18. The van der Waals surface area contributed by atoms with E-state index < -0.39 is 5.97 Å². The van der Waals surface area contributed by atoms with Crippen LogP contribution in [0.3, 0.4) is 0 Å². The summed E-state index contributed by atoms with van der Waals surface area (Å²) >= 11 is 0. The van der Waals surface area contributed by atoms with Gasteiger partial charge in [0.05, 0.1) is 12.7 Å². The molecule has 0 aliphatic heterocycles. The molecule has 1 aromatic carbocycles. The molecule has 0 atom stereocenters. The molecule has 21 heavy (non-hydrogen) atoms. The number of hydrogen-bond donors (Lipinski definition) is 2. The number of benzene rings is 1. The number of aromatic carboxylic acids is 1. The van der Waals surface area contributed by atoms with E-state index >= 15 is 0 Å². The second-order valence-corrected chi connectivity index (χ2v) is 4.05. The summed E-state index contributed by atoms with van der Waals surface area (Å²) in [5.41, 5.74) is 1.30. The van der Waals surface area contributed by atoms with Gasteiger partial charge in [0.15, 0.2) is 11.5 Å². The van der Waals surface area contributed by atoms with Gasteiger partial charge in [-0.25, -0.2) is 4.79 Å². The van der Waals surface area contributed by atoms with E-state index in [1.807, 2.05) is 12.1 Å². The van der Waals surface area contributed by atoms with Crippen molar-refractivity contribution in [2.75, 3.05) is 7.11 Å². The Kier molecular flexibility index (Phi) is 6.47. The van der Waals surface area contributed by atoms with Gasteiger partial charge < -0.3 is 14.9 Å². The number of phenolic OH excluding ortho intramolecular Hbond substituents is 1. The number of aromatic nitrogens is 1. The molecule has 1 heterocycles. The van der Waals surface area contributed by atoms with E-state index in [0.717, 1.165) is 12.0 Å². The highest BCUT2D eigenvalue weighted by atomic mass is 16.5. The van der Waals surface area contributed by atoms with Gasteiger partial charge in [-0.1, -0.05) is 12.1 Å². The van der Waals surface area contributed by atoms with Crippen LogP contribution in [-0.2, 0) is 6.42 Å². The Morgan fingerprint density at radius 3 is 2.67 bits per heavy atom. The predicted molar refractivity (Wildman–Crippen MR) is 79.8 cm³/mol. The molecule has 0 aliphatic rings. The normalized spacial score (nSPS) is 9.19. The van der Waals surface area contributed by atoms with Crippen LogP contribution in [0.15, 0.2) is 55.4 Å². The smallest absolute Gasteiger partial charge is 0.337 e. The van der Waals surface area contributed by atoms with Crippen molar-refractivity contribution < 1.29 is 19.7 Å². The maximum atomic E-state index is 10.2. The highest BCUT2D eigenvalue weighted by molar-refractivity contribution is 5.86. The molecule has 0 bridgehead atoms. The number of carboxylic acids is 1. The average molecular weight is 287 g/mol. The summed E-state index contributed by atoms with van der Waals surface area (Å²) in [6.07, 6.45) is 5.44. The first-order chi connectivity index (χ1) is 10.1. The third-order valence-corrected chi connectivity index (χ3v) is 2.53. The molecule has 2 N–H and O–H groups in total. The minimum absolute atomic E-state index is 0.172. The molecule has 0 fully saturated rings. The number of methoxy groups -OCH3 is 1. The maximum Gasteiger partial charge on any atom is 0.337 e. The van der Waals surface area contributed by atoms with Gasteiger partial charge in [0, 0.05) is 12.4 Å². The van der Waals surface area contributed by atoms with Crippen LogP contribution in [0.2, 0.25) is 0 Å². The summed E-state index contributed by atoms with van der Waals surface area (Å²) in [4.78, 5) is 13.8. The Labute approximate surface area is 123 Å². The Hall–Kier alpha value is -2.82. The van der Waals surface area contributed by atoms with Gasteiger partial charge in [-0.3, -0.25) is 4.98 Å². The second kappa shape index (κ2) is 8.37. The number of ether oxygens (including phenoxy) is 1. The van der Waals surface area contributed by atoms with Crippen molar-refractivity contribution >= 4 is 5.97 Å². The first-order valence-electron chi connectivity index (χ1n) is 6.18. The molecular weight excluding hydrogens is 270 g/mol. The van der Waals surface area contributed by atoms with Crippen LogP contribution in [0.25, 0.3) is 0 Å². The number of pyridine rings is 1. The monoisotopic (exact) mass is 287 g/mol. The quantitative estimate of drug-likeness (QED) is 0.845. The Morgan fingerprint density at radius 2 is 2.19 bits per heavy atom. The van der Waals surface area contributed by atoms with E-state index in [1.165, 1.54) is 25.6 Å². The number of hydrogen-bond acceptors (Lipinski definition) is 4. The largest absolute Gasteiger partial charge is 0.504 e. The van der Waals surface area contributed by atoms with E-state index in [-0.39, 0.29) is 11.3 Å². The van der Waals surface area contributed by atoms with Crippen LogP contribution in [-0.4, -0.2) is 28.3 Å². The SMILES string of the molecule is C=CCc1ccc(O)c(OC)c1.O=C(O)c1cccnc1. The van der Waals surface area contributed by atoms with Gasteiger partial charge in [-0.2, -0.15) is 0 Å². The molecule has 0 saturated carbocycles. The molecule has 0 amide bonds. The van der Waals surface area contributed by atoms with Crippen molar-refractivity contribution in [1.29, 1.82) is 0 Å². The topological polar surface area (TPSA) is 79.7 Å². The number of phenols is 1. The molecule has 0 aliphatic carbocycles. The zero-order chi connectivity index (χ0) is 15.7. The number of allylic oxidation sites excluding steroid dienone is 1. The molecule has 2 aromatic rings. The van der Waals surface area contributed by atoms with Gasteiger partial charge in [-0.15, -0.1) is 6.58 Å². The lowest BCUT2D eigenvalue weighted by atomic mass is 10.1. The summed E-state index contributed by atoms with van der Waals surface area (Å²) in [5.74, 6) is -0.261. The maximum absolute atomic E-state index is 10.2. The number of carboxylic acid groups (broad SMARTS) is 1. The van der Waals surface area contributed by atoms with E-state index in [9.17, 15) is 9.90 Å². The molecule has 1 aromatic heterocycles. The van der Waals surface area contributed by atoms with Crippen molar-refractivity contribution in [2.24, 2.45) is 0 Å². The van der Waals surface area contributed by atoms with Crippen LogP contribution in [0, 0.1) is 0 Å². The fourth-order valence-corrected chi connectivity index (χ4v) is 1.50. The third-order valence-electron chi connectivity index (χ3n) is 2.53. The fourth-order valence-electron chi connectivity index (χ4n) is 1.50. The van der Waals surface area contributed by atoms with E-state index in [2.05, 4.69) is 11.6 Å². The highest BCUT2D eigenvalue weighted by Crippen LogP contribution is 2.26. The lowest BCUT2D eigenvalue weighted by Gasteiger charge is -2.04. The summed E-state index contributed by atoms with van der Waals surface area (Å²) in [7, 11) is 1.53. The molecule has 0 unspecified atom stereocenters. The van der Waals surface area contributed by atoms with Crippen LogP contribution in [0.5, 0.6) is 11.5 Å². The highest BCUT2D eigenvalue weighted by Gasteiger charge is 2.00. The number of aromatic hydroxyl groups is 1. The van der Waals surface area contributed by atoms with E-state index in [0.29, 0.717) is 5.75 Å². The Morgan fingerprint density at radius 1 is 1.43 bits per heavy atom. The minimum atomic E-state index is -0.942. The molecule has 110 valence electrons. The first kappa shape index (κ1) is 16.2. The lowest BCUT2D eigenvalue weighted by molar-refractivity contribution is 0.0696. The summed E-state index contributed by atoms with van der Waals surface area (Å²) in [6, 6.07) is 8.35. The number of carbonyl (C=O) groups is 1. The van der Waals surface area contributed by atoms with Crippen molar-refractivity contribution in [3.8, 4) is 11.5 Å². The molecule has 0 saturated heterocycles. The van der Waals surface area contributed by atoms with Crippen LogP contribution in [0.4, 0.5) is 0 Å². The molecule has 2 rings (SSSR count). The van der Waals surface area contributed by atoms with E-state index in [1.54, 1.807) is 18.2 Å². The Balaban J connectivity index is 0.000000219. The Bertz CT molecular complexity index is 596. The van der Waals surface area contributed by atoms with Gasteiger partial charge >= 0.3 is 5.97 Å². The summed E-state index contributed by atoms with van der Waals surface area (Å²) in [6.45, 7) is 3.63. The average Bonchev–Trinajstić information content (AvgIpc) is 2.51. The van der Waals surface area contributed by atoms with Crippen molar-refractivity contribution in [1.82, 2.24) is 4.98 Å². The summed E-state index contributed by atoms with van der Waals surface area (Å²) < 4.78 is 4.95. The van der Waals surface area contributed by atoms with E-state index in [4.69, 9.17) is 9.84 Å². The zero-order valence-corrected chi connectivity index (χ0v) is 11.7. The molecule has 0 radical (unpaired) electrons. The third kappa shape index (κ3) is 5.36. The van der Waals surface area contributed by atoms with Crippen molar-refractivity contribution in [2.45, 2.75) is 6.42 Å². The zero-order valence-electron chi connectivity index (χ0n) is 11.7. The van der Waals surface area contributed by atoms with Gasteiger partial charge in [0.2, 0.25) is 0 Å². The van der Waals surface area contributed by atoms with Crippen molar-refractivity contribution in [3.63, 3.8) is 0 Å². The standard InChI is InChI=1S/C10H12O2.C6H5NO2/c1-3-4-8-5-6-9(11)10(7-8)12-2;8-6(9)5-2-1-3-7-4-5/h3,5-7,11H,1,4H2,2H3;1-4H,(H,8,9). The van der Waals surface area contributed by atoms with Crippen LogP contribution >= 0.6 is 0 Å². The lowest BCUT2D eigenvalue weighted by Crippen LogP contribution is -1.94. The molecule has 0 spiro atoms.